The second-order valence-corrected chi connectivity index (χ2v) is 8.89. The molecule has 2 aromatic carbocycles. The van der Waals surface area contributed by atoms with E-state index in [1.807, 2.05) is 11.0 Å². The molecule has 4 aromatic rings. The van der Waals surface area contributed by atoms with Crippen molar-refractivity contribution in [1.29, 1.82) is 5.26 Å². The van der Waals surface area contributed by atoms with Crippen molar-refractivity contribution in [1.82, 2.24) is 19.9 Å². The number of rotatable bonds is 4. The van der Waals surface area contributed by atoms with Crippen molar-refractivity contribution in [2.45, 2.75) is 0 Å². The molecule has 0 spiro atoms. The third-order valence-electron chi connectivity index (χ3n) is 6.24. The van der Waals surface area contributed by atoms with Crippen LogP contribution in [0.4, 0.5) is 14.6 Å². The number of aromatic nitrogens is 3. The Kier molecular flexibility index (Phi) is 6.85. The highest BCUT2D eigenvalue weighted by Gasteiger charge is 2.27. The van der Waals surface area contributed by atoms with Gasteiger partial charge in [0.15, 0.2) is 5.82 Å². The van der Waals surface area contributed by atoms with E-state index in [0.29, 0.717) is 43.1 Å². The van der Waals surface area contributed by atoms with Gasteiger partial charge in [0.05, 0.1) is 16.3 Å². The van der Waals surface area contributed by atoms with E-state index in [0.717, 1.165) is 6.07 Å². The maximum absolute atomic E-state index is 15.6. The second kappa shape index (κ2) is 10.4. The van der Waals surface area contributed by atoms with E-state index in [2.05, 4.69) is 15.0 Å². The molecule has 1 aliphatic rings. The first-order valence-corrected chi connectivity index (χ1v) is 11.9. The summed E-state index contributed by atoms with van der Waals surface area (Å²) in [5.41, 5.74) is -0.247. The van der Waals surface area contributed by atoms with Crippen molar-refractivity contribution >= 4 is 40.3 Å². The molecule has 1 amide bonds. The van der Waals surface area contributed by atoms with Gasteiger partial charge in [-0.15, -0.1) is 0 Å². The Morgan fingerprint density at radius 1 is 1.05 bits per heavy atom. The van der Waals surface area contributed by atoms with Crippen LogP contribution < -0.4 is 4.90 Å². The number of hydrogen-bond acceptors (Lipinski definition) is 7. The summed E-state index contributed by atoms with van der Waals surface area (Å²) >= 11 is 6.39. The van der Waals surface area contributed by atoms with Crippen molar-refractivity contribution in [2.75, 3.05) is 31.1 Å². The fraction of sp³-hybridized carbons (Fsp3) is 0.148. The summed E-state index contributed by atoms with van der Waals surface area (Å²) in [6.07, 6.45) is 4.22. The number of piperazine rings is 1. The van der Waals surface area contributed by atoms with Crippen molar-refractivity contribution < 1.29 is 18.7 Å². The first kappa shape index (κ1) is 25.0. The summed E-state index contributed by atoms with van der Waals surface area (Å²) in [4.78, 5) is 28.9. The molecule has 0 radical (unpaired) electrons. The quantitative estimate of drug-likeness (QED) is 0.303. The fourth-order valence-electron chi connectivity index (χ4n) is 4.40. The third kappa shape index (κ3) is 4.60. The molecule has 1 saturated heterocycles. The van der Waals surface area contributed by atoms with Crippen LogP contribution in [0.2, 0.25) is 5.02 Å². The Hall–Kier alpha value is -4.62. The molecule has 0 saturated carbocycles. The molecule has 3 heterocycles. The molecule has 2 aromatic heterocycles. The number of hydrogen-bond donors (Lipinski definition) is 1. The lowest BCUT2D eigenvalue weighted by molar-refractivity contribution is -0.126. The van der Waals surface area contributed by atoms with E-state index < -0.39 is 23.3 Å². The predicted octanol–water partition coefficient (Wildman–Crippen LogP) is 4.58. The zero-order chi connectivity index (χ0) is 26.8. The highest BCUT2D eigenvalue weighted by molar-refractivity contribution is 6.34. The first-order chi connectivity index (χ1) is 18.4. The van der Waals surface area contributed by atoms with E-state index in [1.54, 1.807) is 29.3 Å². The number of fused-ring (bicyclic) bond motifs is 1. The van der Waals surface area contributed by atoms with Crippen molar-refractivity contribution in [3.8, 4) is 22.9 Å². The van der Waals surface area contributed by atoms with Gasteiger partial charge in [0.2, 0.25) is 0 Å². The molecule has 11 heteroatoms. The van der Waals surface area contributed by atoms with Crippen LogP contribution in [0.25, 0.3) is 28.1 Å². The lowest BCUT2D eigenvalue weighted by Gasteiger charge is -2.35. The standard InChI is InChI=1S/C27H19ClF2N6O2/c28-19-13-18-25(24(30)22(19)23-20(29)5-3-6-21(23)37)33-15-34-26(18)35-8-10-36(11-9-35)27(38)16(14-31)12-17-4-1-2-7-32-17/h1-7,12-13,15,37H,8-11H2. The lowest BCUT2D eigenvalue weighted by Crippen LogP contribution is -2.49. The molecule has 190 valence electrons. The van der Waals surface area contributed by atoms with E-state index in [-0.39, 0.29) is 27.2 Å². The molecular formula is C27H19ClF2N6O2. The van der Waals surface area contributed by atoms with Gasteiger partial charge in [-0.2, -0.15) is 5.26 Å². The molecule has 0 bridgehead atoms. The summed E-state index contributed by atoms with van der Waals surface area (Å²) in [6.45, 7) is 1.30. The Morgan fingerprint density at radius 2 is 1.84 bits per heavy atom. The highest BCUT2D eigenvalue weighted by atomic mass is 35.5. The Balaban J connectivity index is 1.42. The van der Waals surface area contributed by atoms with Gasteiger partial charge in [-0.1, -0.05) is 23.7 Å². The van der Waals surface area contributed by atoms with Gasteiger partial charge in [0.25, 0.3) is 5.91 Å². The average molecular weight is 533 g/mol. The summed E-state index contributed by atoms with van der Waals surface area (Å²) < 4.78 is 30.1. The van der Waals surface area contributed by atoms with E-state index in [4.69, 9.17) is 11.6 Å². The smallest absolute Gasteiger partial charge is 0.264 e. The minimum absolute atomic E-state index is 0.0255. The summed E-state index contributed by atoms with van der Waals surface area (Å²) in [7, 11) is 0. The summed E-state index contributed by atoms with van der Waals surface area (Å²) in [6, 6.07) is 12.2. The molecule has 1 aliphatic heterocycles. The molecule has 0 atom stereocenters. The molecule has 0 unspecified atom stereocenters. The second-order valence-electron chi connectivity index (χ2n) is 8.48. The topological polar surface area (TPSA) is 106 Å². The first-order valence-electron chi connectivity index (χ1n) is 11.6. The molecule has 38 heavy (non-hydrogen) atoms. The number of nitriles is 1. The summed E-state index contributed by atoms with van der Waals surface area (Å²) in [5.74, 6) is -2.17. The van der Waals surface area contributed by atoms with Gasteiger partial charge in [0.1, 0.15) is 40.9 Å². The van der Waals surface area contributed by atoms with Crippen LogP contribution in [0.15, 0.2) is 60.6 Å². The van der Waals surface area contributed by atoms with Crippen molar-refractivity contribution in [3.63, 3.8) is 0 Å². The molecule has 5 rings (SSSR count). The largest absolute Gasteiger partial charge is 0.507 e. The summed E-state index contributed by atoms with van der Waals surface area (Å²) in [5, 5.41) is 19.9. The zero-order valence-electron chi connectivity index (χ0n) is 19.8. The van der Waals surface area contributed by atoms with Crippen LogP contribution in [0, 0.1) is 23.0 Å². The number of nitrogens with zero attached hydrogens (tertiary/aromatic N) is 6. The number of pyridine rings is 1. The normalized spacial score (nSPS) is 14.0. The molecule has 0 aliphatic carbocycles. The van der Waals surface area contributed by atoms with Crippen LogP contribution in [-0.2, 0) is 4.79 Å². The number of amides is 1. The van der Waals surface area contributed by atoms with Gasteiger partial charge in [-0.25, -0.2) is 18.7 Å². The van der Waals surface area contributed by atoms with E-state index in [9.17, 15) is 19.6 Å². The maximum atomic E-state index is 15.6. The zero-order valence-corrected chi connectivity index (χ0v) is 20.5. The van der Waals surface area contributed by atoms with E-state index in [1.165, 1.54) is 30.6 Å². The van der Waals surface area contributed by atoms with Gasteiger partial charge in [0, 0.05) is 43.3 Å². The highest BCUT2D eigenvalue weighted by Crippen LogP contribution is 2.42. The molecular weight excluding hydrogens is 514 g/mol. The number of benzene rings is 2. The Labute approximate surface area is 221 Å². The van der Waals surface area contributed by atoms with Crippen molar-refractivity contribution in [3.05, 3.63) is 82.9 Å². The van der Waals surface area contributed by atoms with Crippen LogP contribution in [0.1, 0.15) is 5.69 Å². The minimum Gasteiger partial charge on any atom is -0.507 e. The monoisotopic (exact) mass is 532 g/mol. The maximum Gasteiger partial charge on any atom is 0.264 e. The number of carbonyl (C=O) groups excluding carboxylic acids is 1. The van der Waals surface area contributed by atoms with Crippen LogP contribution in [0.3, 0.4) is 0 Å². The number of anilines is 1. The third-order valence-corrected chi connectivity index (χ3v) is 6.54. The molecule has 1 fully saturated rings. The van der Waals surface area contributed by atoms with Gasteiger partial charge >= 0.3 is 0 Å². The number of carbonyl (C=O) groups is 1. The Bertz CT molecular complexity index is 1600. The number of aromatic hydroxyl groups is 1. The molecule has 8 nitrogen and oxygen atoms in total. The lowest BCUT2D eigenvalue weighted by atomic mass is 10.0. The van der Waals surface area contributed by atoms with Crippen LogP contribution >= 0.6 is 11.6 Å². The minimum atomic E-state index is -0.885. The SMILES string of the molecule is N#CC(=Cc1ccccn1)C(=O)N1CCN(c2ncnc3c(F)c(-c4c(O)cccc4F)c(Cl)cc23)CC1. The number of halogens is 3. The number of phenolic OH excluding ortho intramolecular Hbond substituents is 1. The van der Waals surface area contributed by atoms with Crippen LogP contribution in [-0.4, -0.2) is 57.0 Å². The fourth-order valence-corrected chi connectivity index (χ4v) is 4.69. The van der Waals surface area contributed by atoms with Gasteiger partial charge in [-0.05, 0) is 36.4 Å². The van der Waals surface area contributed by atoms with Crippen molar-refractivity contribution in [2.24, 2.45) is 0 Å². The van der Waals surface area contributed by atoms with Gasteiger partial charge in [-0.3, -0.25) is 9.78 Å². The van der Waals surface area contributed by atoms with E-state index >= 15 is 4.39 Å². The van der Waals surface area contributed by atoms with Crippen LogP contribution in [0.5, 0.6) is 5.75 Å². The predicted molar refractivity (Wildman–Crippen MR) is 138 cm³/mol. The molecule has 1 N–H and O–H groups in total. The Morgan fingerprint density at radius 3 is 2.53 bits per heavy atom. The average Bonchev–Trinajstić information content (AvgIpc) is 2.93. The van der Waals surface area contributed by atoms with Gasteiger partial charge < -0.3 is 14.9 Å². The number of phenols is 1.